The molecular formula is C20H21F6N3O5S. The zero-order valence-electron chi connectivity index (χ0n) is 18.4. The topological polar surface area (TPSA) is 121 Å². The molecule has 1 aliphatic rings. The smallest absolute Gasteiger partial charge is 0.490 e. The Labute approximate surface area is 196 Å². The maximum atomic E-state index is 12.9. The highest BCUT2D eigenvalue weighted by molar-refractivity contribution is 7.92. The number of benzene rings is 1. The van der Waals surface area contributed by atoms with Crippen molar-refractivity contribution < 1.29 is 49.8 Å². The van der Waals surface area contributed by atoms with E-state index in [0.717, 1.165) is 25.1 Å². The Morgan fingerprint density at radius 1 is 1.11 bits per heavy atom. The quantitative estimate of drug-likeness (QED) is 0.578. The van der Waals surface area contributed by atoms with Gasteiger partial charge in [-0.25, -0.2) is 13.2 Å². The molecule has 1 aromatic carbocycles. The number of hydrogen-bond donors (Lipinski definition) is 2. The number of alkyl halides is 6. The molecule has 0 saturated carbocycles. The molecule has 1 aliphatic heterocycles. The molecule has 15 heteroatoms. The molecule has 1 saturated heterocycles. The Morgan fingerprint density at radius 2 is 1.71 bits per heavy atom. The number of aromatic nitrogens is 2. The molecule has 0 amide bonds. The fraction of sp³-hybridized carbons (Fsp3) is 0.450. The third kappa shape index (κ3) is 7.04. The normalized spacial score (nSPS) is 17.4. The molecule has 0 bridgehead atoms. The van der Waals surface area contributed by atoms with Crippen LogP contribution in [-0.4, -0.2) is 71.3 Å². The highest BCUT2D eigenvalue weighted by atomic mass is 32.2. The van der Waals surface area contributed by atoms with E-state index in [2.05, 4.69) is 10.2 Å². The first-order chi connectivity index (χ1) is 15.9. The van der Waals surface area contributed by atoms with E-state index >= 15 is 0 Å². The summed E-state index contributed by atoms with van der Waals surface area (Å²) in [5.74, 6) is -3.36. The molecule has 0 unspecified atom stereocenters. The van der Waals surface area contributed by atoms with Gasteiger partial charge in [0.1, 0.15) is 5.75 Å². The number of aromatic hydroxyl groups is 1. The Balaban J connectivity index is 0.000000540. The largest absolute Gasteiger partial charge is 0.507 e. The number of phenols is 1. The number of hydrogen-bond acceptors (Lipinski definition) is 7. The number of carboxylic acids is 1. The molecule has 194 valence electrons. The molecular weight excluding hydrogens is 508 g/mol. The zero-order chi connectivity index (χ0) is 26.8. The van der Waals surface area contributed by atoms with Crippen LogP contribution >= 0.6 is 0 Å². The number of sulfone groups is 1. The number of phenolic OH excluding ortho intramolecular Hbond substituents is 1. The van der Waals surface area contributed by atoms with Crippen molar-refractivity contribution >= 4 is 15.8 Å². The maximum absolute atomic E-state index is 12.9. The van der Waals surface area contributed by atoms with Crippen LogP contribution < -0.4 is 0 Å². The number of nitrogens with zero attached hydrogens (tertiary/aromatic N) is 3. The molecule has 2 N–H and O–H groups in total. The summed E-state index contributed by atoms with van der Waals surface area (Å²) < 4.78 is 95.7. The summed E-state index contributed by atoms with van der Waals surface area (Å²) in [6.45, 7) is 2.82. The van der Waals surface area contributed by atoms with E-state index in [-0.39, 0.29) is 16.3 Å². The van der Waals surface area contributed by atoms with Crippen LogP contribution in [0.25, 0.3) is 11.3 Å². The SMILES string of the molecule is Cc1cc(S(=O)(=O)[C@@H]2CCCN(C)C2)nnc1-c1ccc(C(F)(F)F)cc1O.O=C(O)C(F)(F)F. The summed E-state index contributed by atoms with van der Waals surface area (Å²) in [7, 11) is -1.82. The molecule has 2 heterocycles. The molecule has 8 nitrogen and oxygen atoms in total. The van der Waals surface area contributed by atoms with E-state index in [1.54, 1.807) is 6.92 Å². The number of aryl methyl sites for hydroxylation is 1. The van der Waals surface area contributed by atoms with Gasteiger partial charge >= 0.3 is 18.3 Å². The van der Waals surface area contributed by atoms with E-state index in [9.17, 15) is 39.9 Å². The first-order valence-corrected chi connectivity index (χ1v) is 11.5. The number of piperidine rings is 1. The van der Waals surface area contributed by atoms with Crippen LogP contribution in [0.5, 0.6) is 5.75 Å². The molecule has 1 atom stereocenters. The monoisotopic (exact) mass is 529 g/mol. The second-order valence-corrected chi connectivity index (χ2v) is 9.99. The van der Waals surface area contributed by atoms with Crippen LogP contribution in [0, 0.1) is 6.92 Å². The standard InChI is InChI=1S/C18H20F3N3O3S.C2HF3O2/c1-11-8-16(28(26,27)13-4-3-7-24(2)10-13)22-23-17(11)14-6-5-12(9-15(14)25)18(19,20)21;3-2(4,5)1(6)7/h5-6,8-9,13,25H,3-4,7,10H2,1-2H3;(H,6,7)/t13-;/m1./s1. The van der Waals surface area contributed by atoms with Gasteiger partial charge in [-0.1, -0.05) is 0 Å². The number of likely N-dealkylation sites (tertiary alicyclic amines) is 1. The van der Waals surface area contributed by atoms with Crippen LogP contribution in [0.1, 0.15) is 24.0 Å². The minimum absolute atomic E-state index is 0.0550. The lowest BCUT2D eigenvalue weighted by atomic mass is 10.0. The third-order valence-corrected chi connectivity index (χ3v) is 7.14. The Hall–Kier alpha value is -2.94. The Morgan fingerprint density at radius 3 is 2.17 bits per heavy atom. The number of carbonyl (C=O) groups is 1. The van der Waals surface area contributed by atoms with Gasteiger partial charge in [0.25, 0.3) is 0 Å². The van der Waals surface area contributed by atoms with Crippen LogP contribution in [0.15, 0.2) is 29.3 Å². The van der Waals surface area contributed by atoms with Gasteiger partial charge < -0.3 is 15.1 Å². The predicted molar refractivity (Wildman–Crippen MR) is 110 cm³/mol. The summed E-state index contributed by atoms with van der Waals surface area (Å²) in [6, 6.07) is 3.89. The Kier molecular flexibility index (Phi) is 8.37. The lowest BCUT2D eigenvalue weighted by molar-refractivity contribution is -0.192. The van der Waals surface area contributed by atoms with Crippen molar-refractivity contribution in [3.63, 3.8) is 0 Å². The van der Waals surface area contributed by atoms with Crippen LogP contribution in [-0.2, 0) is 20.8 Å². The van der Waals surface area contributed by atoms with E-state index in [1.165, 1.54) is 6.07 Å². The number of halogens is 6. The fourth-order valence-electron chi connectivity index (χ4n) is 3.32. The predicted octanol–water partition coefficient (Wildman–Crippen LogP) is 3.68. The fourth-order valence-corrected chi connectivity index (χ4v) is 5.08. The molecule has 1 aromatic heterocycles. The van der Waals surface area contributed by atoms with Crippen molar-refractivity contribution in [1.82, 2.24) is 15.1 Å². The summed E-state index contributed by atoms with van der Waals surface area (Å²) in [5, 5.41) is 24.1. The number of carboxylic acid groups (broad SMARTS) is 1. The highest BCUT2D eigenvalue weighted by Gasteiger charge is 2.38. The second-order valence-electron chi connectivity index (χ2n) is 7.82. The Bertz CT molecular complexity index is 1180. The van der Waals surface area contributed by atoms with Gasteiger partial charge in [-0.05, 0) is 63.2 Å². The maximum Gasteiger partial charge on any atom is 0.490 e. The molecule has 0 radical (unpaired) electrons. The van der Waals surface area contributed by atoms with E-state index < -0.39 is 44.7 Å². The van der Waals surface area contributed by atoms with Gasteiger partial charge in [-0.2, -0.15) is 26.3 Å². The lowest BCUT2D eigenvalue weighted by Crippen LogP contribution is -2.40. The van der Waals surface area contributed by atoms with Crippen molar-refractivity contribution in [2.45, 2.75) is 42.4 Å². The van der Waals surface area contributed by atoms with Crippen LogP contribution in [0.3, 0.4) is 0 Å². The van der Waals surface area contributed by atoms with Gasteiger partial charge in [-0.15, -0.1) is 10.2 Å². The van der Waals surface area contributed by atoms with E-state index in [0.29, 0.717) is 24.6 Å². The van der Waals surface area contributed by atoms with Gasteiger partial charge in [-0.3, -0.25) is 0 Å². The number of aliphatic carboxylic acids is 1. The molecule has 3 rings (SSSR count). The van der Waals surface area contributed by atoms with Crippen LogP contribution in [0.2, 0.25) is 0 Å². The zero-order valence-corrected chi connectivity index (χ0v) is 19.2. The van der Waals surface area contributed by atoms with Crippen LogP contribution in [0.4, 0.5) is 26.3 Å². The highest BCUT2D eigenvalue weighted by Crippen LogP contribution is 2.37. The third-order valence-electron chi connectivity index (χ3n) is 5.10. The van der Waals surface area contributed by atoms with Gasteiger partial charge in [0, 0.05) is 12.1 Å². The van der Waals surface area contributed by atoms with Gasteiger partial charge in [0.15, 0.2) is 5.03 Å². The lowest BCUT2D eigenvalue weighted by Gasteiger charge is -2.29. The molecule has 2 aromatic rings. The van der Waals surface area contributed by atoms with E-state index in [1.807, 2.05) is 11.9 Å². The van der Waals surface area contributed by atoms with Crippen molar-refractivity contribution in [1.29, 1.82) is 0 Å². The average molecular weight is 529 g/mol. The van der Waals surface area contributed by atoms with Gasteiger partial charge in [0.05, 0.1) is 16.5 Å². The summed E-state index contributed by atoms with van der Waals surface area (Å²) >= 11 is 0. The summed E-state index contributed by atoms with van der Waals surface area (Å²) in [6.07, 6.45) is -8.36. The minimum Gasteiger partial charge on any atom is -0.507 e. The number of rotatable bonds is 3. The van der Waals surface area contributed by atoms with E-state index in [4.69, 9.17) is 9.90 Å². The first kappa shape index (κ1) is 28.3. The van der Waals surface area contributed by atoms with Crippen molar-refractivity contribution in [2.75, 3.05) is 20.1 Å². The van der Waals surface area contributed by atoms with Crippen molar-refractivity contribution in [3.05, 3.63) is 35.4 Å². The van der Waals surface area contributed by atoms with Crippen molar-refractivity contribution in [3.8, 4) is 17.0 Å². The summed E-state index contributed by atoms with van der Waals surface area (Å²) in [5.41, 5.74) is -0.405. The molecule has 0 spiro atoms. The van der Waals surface area contributed by atoms with Gasteiger partial charge in [0.2, 0.25) is 9.84 Å². The molecule has 0 aliphatic carbocycles. The molecule has 1 fully saturated rings. The average Bonchev–Trinajstić information content (AvgIpc) is 2.73. The van der Waals surface area contributed by atoms with Crippen molar-refractivity contribution in [2.24, 2.45) is 0 Å². The minimum atomic E-state index is -5.08. The first-order valence-electron chi connectivity index (χ1n) is 9.92. The summed E-state index contributed by atoms with van der Waals surface area (Å²) in [4.78, 5) is 10.8. The molecule has 35 heavy (non-hydrogen) atoms. The second kappa shape index (κ2) is 10.4.